The molecule has 2 aromatic rings. The number of hydrogen-bond donors (Lipinski definition) is 2. The predicted molar refractivity (Wildman–Crippen MR) is 70.6 cm³/mol. The molecule has 0 saturated carbocycles. The highest BCUT2D eigenvalue weighted by Crippen LogP contribution is 2.24. The third kappa shape index (κ3) is 3.02. The van der Waals surface area contributed by atoms with Crippen molar-refractivity contribution in [3.8, 4) is 11.3 Å². The average Bonchev–Trinajstić information content (AvgIpc) is 2.87. The molecule has 1 aromatic heterocycles. The smallest absolute Gasteiger partial charge is 0.269 e. The number of rotatable bonds is 3. The van der Waals surface area contributed by atoms with Gasteiger partial charge in [-0.25, -0.2) is 0 Å². The molecule has 1 heterocycles. The van der Waals surface area contributed by atoms with E-state index in [0.29, 0.717) is 11.3 Å². The molecule has 0 spiro atoms. The normalized spacial score (nSPS) is 10.8. The summed E-state index contributed by atoms with van der Waals surface area (Å²) < 4.78 is 5.34. The number of furan rings is 1. The summed E-state index contributed by atoms with van der Waals surface area (Å²) in [6.07, 6.45) is 0. The molecule has 0 aliphatic carbocycles. The van der Waals surface area contributed by atoms with Gasteiger partial charge in [0.1, 0.15) is 5.76 Å². The van der Waals surface area contributed by atoms with Gasteiger partial charge in [-0.1, -0.05) is 5.16 Å². The van der Waals surface area contributed by atoms with Crippen LogP contribution in [0.3, 0.4) is 0 Å². The summed E-state index contributed by atoms with van der Waals surface area (Å²) in [5.74, 6) is 0.570. The van der Waals surface area contributed by atoms with E-state index in [1.807, 2.05) is 0 Å². The largest absolute Gasteiger partial charge is 0.453 e. The summed E-state index contributed by atoms with van der Waals surface area (Å²) in [7, 11) is 0. The fourth-order valence-electron chi connectivity index (χ4n) is 1.43. The van der Waals surface area contributed by atoms with E-state index in [9.17, 15) is 10.1 Å². The lowest BCUT2D eigenvalue weighted by atomic mass is 10.1. The molecule has 2 rings (SSSR count). The standard InChI is InChI=1S/C11H9N3O4.ClH/c12-11(13-15)10-6-5-9(18-10)7-1-3-8(4-2-7)14(16)17;/h1-6,15H,(H2,12,13);1H. The minimum Gasteiger partial charge on any atom is -0.453 e. The Kier molecular flexibility index (Phi) is 4.49. The fraction of sp³-hybridized carbons (Fsp3) is 0. The van der Waals surface area contributed by atoms with E-state index in [0.717, 1.165) is 0 Å². The number of nitro benzene ring substituents is 1. The lowest BCUT2D eigenvalue weighted by Crippen LogP contribution is -2.11. The number of oxime groups is 1. The molecule has 0 radical (unpaired) electrons. The van der Waals surface area contributed by atoms with Crippen LogP contribution < -0.4 is 5.73 Å². The third-order valence-corrected chi connectivity index (χ3v) is 2.33. The van der Waals surface area contributed by atoms with Gasteiger partial charge >= 0.3 is 0 Å². The molecule has 1 aromatic carbocycles. The van der Waals surface area contributed by atoms with Crippen molar-refractivity contribution in [1.29, 1.82) is 0 Å². The van der Waals surface area contributed by atoms with Crippen molar-refractivity contribution < 1.29 is 14.5 Å². The summed E-state index contributed by atoms with van der Waals surface area (Å²) in [5.41, 5.74) is 6.03. The molecule has 3 N–H and O–H groups in total. The highest BCUT2D eigenvalue weighted by atomic mass is 35.5. The fourth-order valence-corrected chi connectivity index (χ4v) is 1.43. The van der Waals surface area contributed by atoms with E-state index in [4.69, 9.17) is 15.4 Å². The van der Waals surface area contributed by atoms with E-state index in [1.165, 1.54) is 12.1 Å². The topological polar surface area (TPSA) is 115 Å². The van der Waals surface area contributed by atoms with E-state index >= 15 is 0 Å². The SMILES string of the molecule is Cl.NC(=NO)c1ccc(-c2ccc([N+](=O)[O-])cc2)o1. The first kappa shape index (κ1) is 14.5. The summed E-state index contributed by atoms with van der Waals surface area (Å²) in [6.45, 7) is 0. The number of nitrogens with two attached hydrogens (primary N) is 1. The van der Waals surface area contributed by atoms with Gasteiger partial charge in [0.15, 0.2) is 5.76 Å². The molecule has 0 atom stereocenters. The van der Waals surface area contributed by atoms with Crippen LogP contribution in [0.4, 0.5) is 5.69 Å². The molecule has 0 saturated heterocycles. The quantitative estimate of drug-likeness (QED) is 0.295. The number of benzene rings is 1. The summed E-state index contributed by atoms with van der Waals surface area (Å²) in [4.78, 5) is 10.0. The van der Waals surface area contributed by atoms with Gasteiger partial charge in [-0.05, 0) is 24.3 Å². The number of hydrogen-bond acceptors (Lipinski definition) is 5. The molecule has 19 heavy (non-hydrogen) atoms. The molecule has 0 amide bonds. The van der Waals surface area contributed by atoms with Gasteiger partial charge in [-0.3, -0.25) is 10.1 Å². The lowest BCUT2D eigenvalue weighted by molar-refractivity contribution is -0.384. The van der Waals surface area contributed by atoms with Crippen LogP contribution >= 0.6 is 12.4 Å². The maximum atomic E-state index is 10.5. The molecule has 7 nitrogen and oxygen atoms in total. The summed E-state index contributed by atoms with van der Waals surface area (Å²) >= 11 is 0. The Morgan fingerprint density at radius 3 is 2.42 bits per heavy atom. The monoisotopic (exact) mass is 283 g/mol. The molecular formula is C11H10ClN3O4. The molecule has 0 aliphatic heterocycles. The van der Waals surface area contributed by atoms with Crippen LogP contribution in [-0.4, -0.2) is 16.0 Å². The molecule has 100 valence electrons. The second-order valence-corrected chi connectivity index (χ2v) is 3.45. The summed E-state index contributed by atoms with van der Waals surface area (Å²) in [6, 6.07) is 9.06. The zero-order valence-electron chi connectivity index (χ0n) is 9.52. The van der Waals surface area contributed by atoms with Crippen LogP contribution in [0.1, 0.15) is 5.76 Å². The van der Waals surface area contributed by atoms with Crippen LogP contribution in [0.15, 0.2) is 46.0 Å². The van der Waals surface area contributed by atoms with Crippen molar-refractivity contribution in [2.24, 2.45) is 10.9 Å². The van der Waals surface area contributed by atoms with Gasteiger partial charge in [0.25, 0.3) is 5.69 Å². The Bertz CT molecular complexity index is 607. The van der Waals surface area contributed by atoms with Crippen molar-refractivity contribution in [2.45, 2.75) is 0 Å². The number of nitro groups is 1. The van der Waals surface area contributed by atoms with E-state index in [1.54, 1.807) is 24.3 Å². The predicted octanol–water partition coefficient (Wildman–Crippen LogP) is 2.37. The number of non-ortho nitro benzene ring substituents is 1. The second-order valence-electron chi connectivity index (χ2n) is 3.45. The second kappa shape index (κ2) is 5.87. The van der Waals surface area contributed by atoms with Crippen molar-refractivity contribution in [2.75, 3.05) is 0 Å². The first-order chi connectivity index (χ1) is 8.61. The average molecular weight is 284 g/mol. The van der Waals surface area contributed by atoms with Crippen LogP contribution in [0.2, 0.25) is 0 Å². The van der Waals surface area contributed by atoms with E-state index in [-0.39, 0.29) is 29.7 Å². The number of halogens is 1. The van der Waals surface area contributed by atoms with Gasteiger partial charge in [0.2, 0.25) is 5.84 Å². The Morgan fingerprint density at radius 2 is 1.89 bits per heavy atom. The van der Waals surface area contributed by atoms with Gasteiger partial charge in [-0.15, -0.1) is 12.4 Å². The van der Waals surface area contributed by atoms with Crippen LogP contribution in [0.25, 0.3) is 11.3 Å². The maximum absolute atomic E-state index is 10.5. The lowest BCUT2D eigenvalue weighted by Gasteiger charge is -1.97. The number of nitrogens with zero attached hydrogens (tertiary/aromatic N) is 2. The number of amidine groups is 1. The highest BCUT2D eigenvalue weighted by molar-refractivity contribution is 5.94. The molecule has 8 heteroatoms. The highest BCUT2D eigenvalue weighted by Gasteiger charge is 2.10. The molecular weight excluding hydrogens is 274 g/mol. The Labute approximate surface area is 113 Å². The van der Waals surface area contributed by atoms with Crippen LogP contribution in [-0.2, 0) is 0 Å². The minimum absolute atomic E-state index is 0. The Balaban J connectivity index is 0.00000180. The molecule has 0 unspecified atom stereocenters. The summed E-state index contributed by atoms with van der Waals surface area (Å²) in [5, 5.41) is 21.8. The van der Waals surface area contributed by atoms with Crippen molar-refractivity contribution in [3.63, 3.8) is 0 Å². The maximum Gasteiger partial charge on any atom is 0.269 e. The molecule has 0 bridgehead atoms. The zero-order chi connectivity index (χ0) is 13.1. The molecule has 0 fully saturated rings. The first-order valence-electron chi connectivity index (χ1n) is 4.94. The minimum atomic E-state index is -0.478. The Hall–Kier alpha value is -2.54. The van der Waals surface area contributed by atoms with Gasteiger partial charge < -0.3 is 15.4 Å². The van der Waals surface area contributed by atoms with Crippen molar-refractivity contribution in [1.82, 2.24) is 0 Å². The van der Waals surface area contributed by atoms with E-state index in [2.05, 4.69) is 5.16 Å². The third-order valence-electron chi connectivity index (χ3n) is 2.33. The Morgan fingerprint density at radius 1 is 1.26 bits per heavy atom. The molecule has 0 aliphatic rings. The van der Waals surface area contributed by atoms with Gasteiger partial charge in [0, 0.05) is 17.7 Å². The van der Waals surface area contributed by atoms with Crippen LogP contribution in [0.5, 0.6) is 0 Å². The zero-order valence-corrected chi connectivity index (χ0v) is 10.3. The van der Waals surface area contributed by atoms with Crippen molar-refractivity contribution >= 4 is 23.9 Å². The van der Waals surface area contributed by atoms with Gasteiger partial charge in [0.05, 0.1) is 4.92 Å². The van der Waals surface area contributed by atoms with Crippen molar-refractivity contribution in [3.05, 3.63) is 52.3 Å². The van der Waals surface area contributed by atoms with Gasteiger partial charge in [-0.2, -0.15) is 0 Å². The van der Waals surface area contributed by atoms with E-state index < -0.39 is 4.92 Å². The van der Waals surface area contributed by atoms with Crippen LogP contribution in [0, 0.1) is 10.1 Å². The first-order valence-corrected chi connectivity index (χ1v) is 4.94.